The number of amides is 2. The van der Waals surface area contributed by atoms with Gasteiger partial charge in [-0.25, -0.2) is 0 Å². The zero-order valence-corrected chi connectivity index (χ0v) is 6.33. The van der Waals surface area contributed by atoms with Crippen LogP contribution in [0.25, 0.3) is 0 Å². The zero-order valence-electron chi connectivity index (χ0n) is 4.68. The van der Waals surface area contributed by atoms with Gasteiger partial charge in [0.05, 0.1) is 0 Å². The third-order valence-corrected chi connectivity index (χ3v) is 2.29. The Labute approximate surface area is 71.1 Å². The predicted octanol–water partition coefficient (Wildman–Crippen LogP) is -0.0405. The predicted molar refractivity (Wildman–Crippen MR) is 26.9 cm³/mol. The number of carbonyl (C=O) groups excluding carboxylic acids is 2. The van der Waals surface area contributed by atoms with Gasteiger partial charge in [-0.15, -0.1) is 0 Å². The van der Waals surface area contributed by atoms with Gasteiger partial charge < -0.3 is 0 Å². The fourth-order valence-electron chi connectivity index (χ4n) is 0.478. The fraction of sp³-hybridized carbons (Fsp3) is 0.200. The van der Waals surface area contributed by atoms with Crippen LogP contribution in [0.5, 0.6) is 0 Å². The van der Waals surface area contributed by atoms with E-state index in [9.17, 15) is 9.59 Å². The van der Waals surface area contributed by atoms with Crippen molar-refractivity contribution in [1.82, 2.24) is 1.50 Å². The van der Waals surface area contributed by atoms with Crippen molar-refractivity contribution >= 4 is 11.8 Å². The van der Waals surface area contributed by atoms with E-state index in [1.165, 1.54) is 13.7 Å². The number of carbonyl (C=O) groups is 2. The molecule has 0 radical (unpaired) electrons. The van der Waals surface area contributed by atoms with Gasteiger partial charge in [-0.1, -0.05) is 0 Å². The summed E-state index contributed by atoms with van der Waals surface area (Å²) in [5.74, 6) is -0.375. The third kappa shape index (κ3) is 1.33. The van der Waals surface area contributed by atoms with Crippen LogP contribution in [-0.2, 0) is 9.59 Å². The van der Waals surface area contributed by atoms with Crippen LogP contribution in [0, 0.1) is 33.4 Å². The van der Waals surface area contributed by atoms with Crippen molar-refractivity contribution in [3.63, 3.8) is 0 Å². The van der Waals surface area contributed by atoms with Gasteiger partial charge in [-0.2, -0.15) is 0 Å². The van der Waals surface area contributed by atoms with E-state index in [4.69, 9.17) is 0 Å². The van der Waals surface area contributed by atoms with Crippen molar-refractivity contribution in [1.29, 1.82) is 0 Å². The molecule has 1 aliphatic rings. The number of rotatable bonds is 1. The molecule has 1 rings (SSSR count). The monoisotopic (exact) mass is 286 g/mol. The summed E-state index contributed by atoms with van der Waals surface area (Å²) in [5, 5.41) is 0. The minimum atomic E-state index is -0.187. The molecule has 4 heteroatoms. The Morgan fingerprint density at radius 2 is 1.78 bits per heavy atom. The standard InChI is InChI=1S/C4H3NO2.CH3.Lu/c6-3-1-2-4(7)5-3;;/h1-2H,(H,5,6,7);1H3;/q;;+1/p-1. The van der Waals surface area contributed by atoms with Crippen LogP contribution in [0.1, 0.15) is 0 Å². The molecular formula is C5H5LuNO2. The molecule has 0 aromatic carbocycles. The van der Waals surface area contributed by atoms with Gasteiger partial charge in [0.1, 0.15) is 0 Å². The first kappa shape index (κ1) is 7.22. The number of hydrogen-bond acceptors (Lipinski definition) is 2. The Balaban J connectivity index is 2.75. The van der Waals surface area contributed by atoms with E-state index < -0.39 is 0 Å². The maximum absolute atomic E-state index is 10.6. The summed E-state index contributed by atoms with van der Waals surface area (Å²) < 4.78 is 3.03. The summed E-state index contributed by atoms with van der Waals surface area (Å²) in [6.07, 6.45) is 2.59. The van der Waals surface area contributed by atoms with Crippen LogP contribution in [0.2, 0.25) is 3.14 Å². The fourth-order valence-corrected chi connectivity index (χ4v) is 1.46. The van der Waals surface area contributed by atoms with Gasteiger partial charge in [0.15, 0.2) is 0 Å². The normalized spacial score (nSPS) is 18.1. The molecule has 0 aromatic rings. The molecule has 1 heterocycles. The van der Waals surface area contributed by atoms with Gasteiger partial charge in [0.25, 0.3) is 0 Å². The second-order valence-electron chi connectivity index (χ2n) is 1.35. The van der Waals surface area contributed by atoms with Crippen LogP contribution in [0.3, 0.4) is 0 Å². The molecular weight excluding hydrogens is 281 g/mol. The summed E-state index contributed by atoms with van der Waals surface area (Å²) in [6.45, 7) is 0. The quantitative estimate of drug-likeness (QED) is 0.634. The van der Waals surface area contributed by atoms with Gasteiger partial charge in [0, 0.05) is 0 Å². The summed E-state index contributed by atoms with van der Waals surface area (Å²) >= 11 is 0.134. The Morgan fingerprint density at radius 3 is 2.00 bits per heavy atom. The molecule has 57 valence electrons. The van der Waals surface area contributed by atoms with Crippen molar-refractivity contribution in [3.8, 4) is 0 Å². The molecule has 0 atom stereocenters. The van der Waals surface area contributed by atoms with E-state index >= 15 is 0 Å². The Kier molecular flexibility index (Phi) is 2.25. The first-order valence-corrected chi connectivity index (χ1v) is 4.54. The van der Waals surface area contributed by atoms with E-state index in [0.29, 0.717) is 0 Å². The molecule has 3 nitrogen and oxygen atoms in total. The van der Waals surface area contributed by atoms with Crippen LogP contribution in [0.4, 0.5) is 0 Å². The van der Waals surface area contributed by atoms with E-state index in [-0.39, 0.29) is 45.2 Å². The van der Waals surface area contributed by atoms with Gasteiger partial charge in [0.2, 0.25) is 0 Å². The molecule has 0 bridgehead atoms. The Bertz CT molecular complexity index is 169. The van der Waals surface area contributed by atoms with E-state index in [0.717, 1.165) is 0 Å². The summed E-state index contributed by atoms with van der Waals surface area (Å²) in [7, 11) is 0. The Morgan fingerprint density at radius 1 is 1.33 bits per heavy atom. The molecule has 0 spiro atoms. The van der Waals surface area contributed by atoms with Crippen molar-refractivity contribution < 1.29 is 43.0 Å². The van der Waals surface area contributed by atoms with E-state index in [2.05, 4.69) is 0 Å². The maximum atomic E-state index is 10.6. The van der Waals surface area contributed by atoms with Crippen molar-refractivity contribution in [2.45, 2.75) is 3.14 Å². The molecule has 0 fully saturated rings. The molecule has 0 saturated heterocycles. The Hall–Kier alpha value is 0.114. The minimum absolute atomic E-state index is 0.134. The molecule has 2 amide bonds. The van der Waals surface area contributed by atoms with E-state index in [1.807, 2.05) is 3.14 Å². The topological polar surface area (TPSA) is 37.4 Å². The molecule has 1 aliphatic heterocycles. The van der Waals surface area contributed by atoms with Gasteiger partial charge >= 0.3 is 71.6 Å². The van der Waals surface area contributed by atoms with Crippen molar-refractivity contribution in [3.05, 3.63) is 12.2 Å². The number of hydrogen-bond donors (Lipinski definition) is 0. The van der Waals surface area contributed by atoms with Crippen LogP contribution in [0.15, 0.2) is 12.2 Å². The number of imide groups is 1. The molecule has 0 aromatic heterocycles. The summed E-state index contributed by atoms with van der Waals surface area (Å²) in [5.41, 5.74) is 0. The average molecular weight is 286 g/mol. The molecule has 0 unspecified atom stereocenters. The SMILES string of the molecule is [CH3][Lu][N]1C(=O)C=CC1=O. The van der Waals surface area contributed by atoms with Crippen LogP contribution < -0.4 is 0 Å². The third-order valence-electron chi connectivity index (χ3n) is 0.818. The first-order valence-electron chi connectivity index (χ1n) is 2.14. The molecule has 0 aliphatic carbocycles. The van der Waals surface area contributed by atoms with Crippen molar-refractivity contribution in [2.24, 2.45) is 0 Å². The van der Waals surface area contributed by atoms with E-state index in [1.54, 1.807) is 0 Å². The van der Waals surface area contributed by atoms with Crippen LogP contribution in [-0.4, -0.2) is 13.3 Å². The zero-order chi connectivity index (χ0) is 6.85. The average Bonchev–Trinajstić information content (AvgIpc) is 2.12. The molecule has 0 saturated carbocycles. The van der Waals surface area contributed by atoms with Gasteiger partial charge in [-0.05, 0) is 0 Å². The second-order valence-corrected chi connectivity index (χ2v) is 2.83. The first-order chi connectivity index (χ1) is 4.25. The number of nitrogens with zero attached hydrogens (tertiary/aromatic N) is 1. The summed E-state index contributed by atoms with van der Waals surface area (Å²) in [6, 6.07) is 0. The molecule has 0 N–H and O–H groups in total. The summed E-state index contributed by atoms with van der Waals surface area (Å²) in [4.78, 5) is 21.3. The van der Waals surface area contributed by atoms with Gasteiger partial charge in [-0.3, -0.25) is 0 Å². The second kappa shape index (κ2) is 2.80. The molecule has 9 heavy (non-hydrogen) atoms. The van der Waals surface area contributed by atoms with Crippen molar-refractivity contribution in [2.75, 3.05) is 0 Å². The van der Waals surface area contributed by atoms with Crippen LogP contribution >= 0.6 is 0 Å².